The Bertz CT molecular complexity index is 1450. The number of nitrogens with zero attached hydrogens (tertiary/aromatic N) is 5. The zero-order chi connectivity index (χ0) is 23.3. The van der Waals surface area contributed by atoms with Crippen LogP contribution in [0.4, 0.5) is 17.5 Å². The van der Waals surface area contributed by atoms with Gasteiger partial charge in [0.15, 0.2) is 5.82 Å². The topological polar surface area (TPSA) is 118 Å². The summed E-state index contributed by atoms with van der Waals surface area (Å²) in [7, 11) is 0. The maximum atomic E-state index is 11.0. The lowest BCUT2D eigenvalue weighted by atomic mass is 10.1. The molecule has 0 unspecified atom stereocenters. The number of carboxylic acids is 1. The number of carboxylic acid groups (broad SMARTS) is 1. The van der Waals surface area contributed by atoms with Crippen LogP contribution in [0.5, 0.6) is 0 Å². The number of benzene rings is 3. The molecular formula is C25H21N7O2. The second kappa shape index (κ2) is 9.37. The second-order valence-corrected chi connectivity index (χ2v) is 7.62. The molecular weight excluding hydrogens is 430 g/mol. The third-order valence-electron chi connectivity index (χ3n) is 5.18. The van der Waals surface area contributed by atoms with Crippen LogP contribution in [0.3, 0.4) is 0 Å². The molecule has 168 valence electrons. The van der Waals surface area contributed by atoms with Crippen LogP contribution in [0.1, 0.15) is 11.1 Å². The summed E-state index contributed by atoms with van der Waals surface area (Å²) in [5.74, 6) is 0.539. The van der Waals surface area contributed by atoms with Gasteiger partial charge in [0.05, 0.1) is 11.9 Å². The molecule has 9 heteroatoms. The van der Waals surface area contributed by atoms with Crippen LogP contribution in [0.15, 0.2) is 85.2 Å². The van der Waals surface area contributed by atoms with Crippen molar-refractivity contribution < 1.29 is 9.90 Å². The van der Waals surface area contributed by atoms with Gasteiger partial charge in [0, 0.05) is 17.6 Å². The summed E-state index contributed by atoms with van der Waals surface area (Å²) in [6.07, 6.45) is 1.36. The third kappa shape index (κ3) is 4.68. The Morgan fingerprint density at radius 1 is 0.912 bits per heavy atom. The number of fused-ring (bicyclic) bond motifs is 1. The van der Waals surface area contributed by atoms with E-state index in [0.29, 0.717) is 29.7 Å². The fourth-order valence-corrected chi connectivity index (χ4v) is 3.64. The van der Waals surface area contributed by atoms with Crippen molar-refractivity contribution in [3.8, 4) is 5.95 Å². The average molecular weight is 451 g/mol. The van der Waals surface area contributed by atoms with Crippen LogP contribution in [0.2, 0.25) is 0 Å². The number of para-hydroxylation sites is 1. The molecule has 0 aliphatic carbocycles. The summed E-state index contributed by atoms with van der Waals surface area (Å²) in [4.78, 5) is 24.1. The zero-order valence-corrected chi connectivity index (χ0v) is 18.1. The summed E-state index contributed by atoms with van der Waals surface area (Å²) in [6.45, 7) is 0.637. The summed E-state index contributed by atoms with van der Waals surface area (Å²) in [5, 5.41) is 21.2. The van der Waals surface area contributed by atoms with E-state index in [0.717, 1.165) is 22.3 Å². The molecule has 2 heterocycles. The molecule has 3 N–H and O–H groups in total. The molecule has 9 nitrogen and oxygen atoms in total. The van der Waals surface area contributed by atoms with Crippen molar-refractivity contribution in [2.45, 2.75) is 13.0 Å². The number of anilines is 3. The first-order chi connectivity index (χ1) is 16.7. The standard InChI is InChI=1S/C25H21N7O2/c33-22(34)14-18-9-6-10-19(13-18)29-24-27-16-28-25(30-24)32-21-12-5-4-11-20(21)23(31-32)26-15-17-7-2-1-3-8-17/h1-13,16H,14-15H2,(H,26,31)(H,33,34)(H,27,28,29,30). The highest BCUT2D eigenvalue weighted by molar-refractivity contribution is 5.91. The van der Waals surface area contributed by atoms with E-state index in [1.165, 1.54) is 6.33 Å². The number of hydrogen-bond acceptors (Lipinski definition) is 7. The van der Waals surface area contributed by atoms with E-state index in [2.05, 4.69) is 37.7 Å². The van der Waals surface area contributed by atoms with E-state index in [1.54, 1.807) is 22.9 Å². The molecule has 0 spiro atoms. The number of aliphatic carboxylic acids is 1. The van der Waals surface area contributed by atoms with Gasteiger partial charge in [-0.15, -0.1) is 5.10 Å². The van der Waals surface area contributed by atoms with Gasteiger partial charge in [0.2, 0.25) is 5.95 Å². The second-order valence-electron chi connectivity index (χ2n) is 7.62. The van der Waals surface area contributed by atoms with Crippen molar-refractivity contribution in [1.82, 2.24) is 24.7 Å². The number of aromatic nitrogens is 5. The summed E-state index contributed by atoms with van der Waals surface area (Å²) in [6, 6.07) is 25.1. The van der Waals surface area contributed by atoms with Crippen LogP contribution in [-0.2, 0) is 17.8 Å². The van der Waals surface area contributed by atoms with E-state index in [4.69, 9.17) is 10.2 Å². The van der Waals surface area contributed by atoms with Crippen LogP contribution in [0, 0.1) is 0 Å². The van der Waals surface area contributed by atoms with Gasteiger partial charge < -0.3 is 15.7 Å². The first kappa shape index (κ1) is 21.1. The van der Waals surface area contributed by atoms with E-state index < -0.39 is 5.97 Å². The summed E-state index contributed by atoms with van der Waals surface area (Å²) >= 11 is 0. The predicted molar refractivity (Wildman–Crippen MR) is 129 cm³/mol. The molecule has 3 aromatic carbocycles. The Morgan fingerprint density at radius 3 is 2.56 bits per heavy atom. The Balaban J connectivity index is 1.43. The van der Waals surface area contributed by atoms with E-state index in [9.17, 15) is 4.79 Å². The van der Waals surface area contributed by atoms with Gasteiger partial charge in [-0.25, -0.2) is 4.98 Å². The summed E-state index contributed by atoms with van der Waals surface area (Å²) < 4.78 is 1.68. The molecule has 2 aromatic heterocycles. The Morgan fingerprint density at radius 2 is 1.71 bits per heavy atom. The lowest BCUT2D eigenvalue weighted by Crippen LogP contribution is -2.08. The fraction of sp³-hybridized carbons (Fsp3) is 0.0800. The van der Waals surface area contributed by atoms with Crippen molar-refractivity contribution in [2.75, 3.05) is 10.6 Å². The Kier molecular flexibility index (Phi) is 5.81. The lowest BCUT2D eigenvalue weighted by Gasteiger charge is -2.07. The molecule has 34 heavy (non-hydrogen) atoms. The molecule has 0 bridgehead atoms. The Hall–Kier alpha value is -4.79. The molecule has 0 saturated carbocycles. The van der Waals surface area contributed by atoms with Crippen molar-refractivity contribution in [1.29, 1.82) is 0 Å². The van der Waals surface area contributed by atoms with Gasteiger partial charge in [-0.3, -0.25) is 4.79 Å². The zero-order valence-electron chi connectivity index (χ0n) is 18.1. The van der Waals surface area contributed by atoms with Crippen LogP contribution in [0.25, 0.3) is 16.9 Å². The molecule has 0 atom stereocenters. The molecule has 0 amide bonds. The van der Waals surface area contributed by atoms with Gasteiger partial charge in [-0.05, 0) is 35.4 Å². The van der Waals surface area contributed by atoms with Crippen LogP contribution in [-0.4, -0.2) is 35.8 Å². The number of carbonyl (C=O) groups is 1. The van der Waals surface area contributed by atoms with Crippen molar-refractivity contribution in [2.24, 2.45) is 0 Å². The maximum Gasteiger partial charge on any atom is 0.307 e. The molecule has 0 aliphatic rings. The third-order valence-corrected chi connectivity index (χ3v) is 5.18. The van der Waals surface area contributed by atoms with Crippen molar-refractivity contribution in [3.63, 3.8) is 0 Å². The molecule has 0 saturated heterocycles. The highest BCUT2D eigenvalue weighted by Crippen LogP contribution is 2.25. The van der Waals surface area contributed by atoms with Crippen molar-refractivity contribution in [3.05, 3.63) is 96.3 Å². The minimum absolute atomic E-state index is 0.0595. The van der Waals surface area contributed by atoms with Gasteiger partial charge in [0.25, 0.3) is 5.95 Å². The minimum atomic E-state index is -0.887. The molecule has 0 fully saturated rings. The van der Waals surface area contributed by atoms with Gasteiger partial charge in [-0.1, -0.05) is 54.6 Å². The van der Waals surface area contributed by atoms with Gasteiger partial charge in [-0.2, -0.15) is 14.6 Å². The molecule has 5 rings (SSSR count). The van der Waals surface area contributed by atoms with E-state index in [1.807, 2.05) is 48.5 Å². The Labute approximate surface area is 195 Å². The quantitative estimate of drug-likeness (QED) is 0.321. The number of nitrogens with one attached hydrogen (secondary N) is 2. The van der Waals surface area contributed by atoms with E-state index >= 15 is 0 Å². The van der Waals surface area contributed by atoms with Crippen LogP contribution < -0.4 is 10.6 Å². The van der Waals surface area contributed by atoms with Gasteiger partial charge in [0.1, 0.15) is 6.33 Å². The van der Waals surface area contributed by atoms with Crippen LogP contribution >= 0.6 is 0 Å². The smallest absolute Gasteiger partial charge is 0.307 e. The average Bonchev–Trinajstić information content (AvgIpc) is 3.22. The minimum Gasteiger partial charge on any atom is -0.481 e. The fourth-order valence-electron chi connectivity index (χ4n) is 3.64. The van der Waals surface area contributed by atoms with Crippen molar-refractivity contribution >= 4 is 34.3 Å². The van der Waals surface area contributed by atoms with E-state index in [-0.39, 0.29) is 6.42 Å². The highest BCUT2D eigenvalue weighted by Gasteiger charge is 2.14. The molecule has 0 radical (unpaired) electrons. The predicted octanol–water partition coefficient (Wildman–Crippen LogP) is 4.19. The first-order valence-corrected chi connectivity index (χ1v) is 10.7. The van der Waals surface area contributed by atoms with Gasteiger partial charge >= 0.3 is 5.97 Å². The highest BCUT2D eigenvalue weighted by atomic mass is 16.4. The number of rotatable bonds is 8. The lowest BCUT2D eigenvalue weighted by molar-refractivity contribution is -0.136. The first-order valence-electron chi connectivity index (χ1n) is 10.7. The normalized spacial score (nSPS) is 10.8. The maximum absolute atomic E-state index is 11.0. The SMILES string of the molecule is O=C(O)Cc1cccc(Nc2ncnc(-n3nc(NCc4ccccc4)c4ccccc43)n2)c1. The number of hydrogen-bond donors (Lipinski definition) is 3. The molecule has 0 aliphatic heterocycles. The molecule has 5 aromatic rings. The summed E-state index contributed by atoms with van der Waals surface area (Å²) in [5.41, 5.74) is 3.38. The monoisotopic (exact) mass is 451 g/mol. The largest absolute Gasteiger partial charge is 0.481 e.